The number of amides is 1. The smallest absolute Gasteiger partial charge is 0.227 e. The van der Waals surface area contributed by atoms with Crippen LogP contribution in [-0.4, -0.2) is 44.2 Å². The standard InChI is InChI=1S/C16H24N2O3/c1-11-6-12(9-17)10-18(11)16(19)8-13-7-14(20-2)4-5-15(13)21-3/h4-5,7,11-12H,6,8-10,17H2,1-3H3. The Balaban J connectivity index is 2.12. The van der Waals surface area contributed by atoms with Crippen LogP contribution in [0.25, 0.3) is 0 Å². The van der Waals surface area contributed by atoms with E-state index in [4.69, 9.17) is 15.2 Å². The van der Waals surface area contributed by atoms with Gasteiger partial charge < -0.3 is 20.1 Å². The molecule has 2 atom stereocenters. The molecule has 0 bridgehead atoms. The van der Waals surface area contributed by atoms with Crippen molar-refractivity contribution >= 4 is 5.91 Å². The van der Waals surface area contributed by atoms with Gasteiger partial charge in [-0.3, -0.25) is 4.79 Å². The fourth-order valence-corrected chi connectivity index (χ4v) is 2.95. The van der Waals surface area contributed by atoms with Crippen LogP contribution in [0.2, 0.25) is 0 Å². The fourth-order valence-electron chi connectivity index (χ4n) is 2.95. The zero-order valence-corrected chi connectivity index (χ0v) is 13.0. The molecule has 116 valence electrons. The lowest BCUT2D eigenvalue weighted by atomic mass is 10.1. The van der Waals surface area contributed by atoms with Crippen LogP contribution in [-0.2, 0) is 11.2 Å². The quantitative estimate of drug-likeness (QED) is 0.892. The van der Waals surface area contributed by atoms with Gasteiger partial charge in [0, 0.05) is 18.2 Å². The molecule has 21 heavy (non-hydrogen) atoms. The summed E-state index contributed by atoms with van der Waals surface area (Å²) >= 11 is 0. The number of likely N-dealkylation sites (tertiary alicyclic amines) is 1. The highest BCUT2D eigenvalue weighted by Crippen LogP contribution is 2.27. The highest BCUT2D eigenvalue weighted by Gasteiger charge is 2.31. The molecule has 1 aliphatic rings. The Hall–Kier alpha value is -1.75. The number of rotatable bonds is 5. The molecule has 1 aliphatic heterocycles. The van der Waals surface area contributed by atoms with Crippen molar-refractivity contribution in [3.8, 4) is 11.5 Å². The largest absolute Gasteiger partial charge is 0.497 e. The summed E-state index contributed by atoms with van der Waals surface area (Å²) < 4.78 is 10.6. The van der Waals surface area contributed by atoms with Crippen molar-refractivity contribution in [2.75, 3.05) is 27.3 Å². The van der Waals surface area contributed by atoms with Crippen molar-refractivity contribution in [2.24, 2.45) is 11.7 Å². The van der Waals surface area contributed by atoms with Crippen LogP contribution in [0.4, 0.5) is 0 Å². The molecule has 0 radical (unpaired) electrons. The molecule has 5 heteroatoms. The first kappa shape index (κ1) is 15.6. The molecule has 1 heterocycles. The maximum Gasteiger partial charge on any atom is 0.227 e. The number of carbonyl (C=O) groups excluding carboxylic acids is 1. The average Bonchev–Trinajstić information content (AvgIpc) is 2.88. The van der Waals surface area contributed by atoms with Gasteiger partial charge in [0.1, 0.15) is 11.5 Å². The molecular weight excluding hydrogens is 268 g/mol. The molecule has 0 spiro atoms. The summed E-state index contributed by atoms with van der Waals surface area (Å²) in [7, 11) is 3.22. The van der Waals surface area contributed by atoms with E-state index in [-0.39, 0.29) is 11.9 Å². The number of nitrogens with two attached hydrogens (primary N) is 1. The van der Waals surface area contributed by atoms with Gasteiger partial charge in [0.2, 0.25) is 5.91 Å². The molecule has 1 aromatic rings. The third-order valence-corrected chi connectivity index (χ3v) is 4.14. The van der Waals surface area contributed by atoms with Crippen molar-refractivity contribution in [1.82, 2.24) is 4.90 Å². The van der Waals surface area contributed by atoms with E-state index < -0.39 is 0 Å². The van der Waals surface area contributed by atoms with Crippen molar-refractivity contribution in [1.29, 1.82) is 0 Å². The fraction of sp³-hybridized carbons (Fsp3) is 0.562. The molecule has 1 aromatic carbocycles. The van der Waals surface area contributed by atoms with Gasteiger partial charge in [-0.2, -0.15) is 0 Å². The minimum atomic E-state index is 0.116. The summed E-state index contributed by atoms with van der Waals surface area (Å²) in [5.74, 6) is 1.97. The third-order valence-electron chi connectivity index (χ3n) is 4.14. The van der Waals surface area contributed by atoms with Crippen LogP contribution >= 0.6 is 0 Å². The minimum Gasteiger partial charge on any atom is -0.497 e. The Bertz CT molecular complexity index is 504. The number of carbonyl (C=O) groups is 1. The van der Waals surface area contributed by atoms with Gasteiger partial charge in [-0.25, -0.2) is 0 Å². The van der Waals surface area contributed by atoms with Crippen LogP contribution in [0.5, 0.6) is 11.5 Å². The lowest BCUT2D eigenvalue weighted by Crippen LogP contribution is -2.35. The number of hydrogen-bond donors (Lipinski definition) is 1. The Morgan fingerprint density at radius 1 is 1.38 bits per heavy atom. The monoisotopic (exact) mass is 292 g/mol. The van der Waals surface area contributed by atoms with E-state index in [2.05, 4.69) is 6.92 Å². The molecule has 2 unspecified atom stereocenters. The second-order valence-electron chi connectivity index (χ2n) is 5.59. The Labute approximate surface area is 126 Å². The van der Waals surface area contributed by atoms with Crippen LogP contribution < -0.4 is 15.2 Å². The third kappa shape index (κ3) is 3.47. The van der Waals surface area contributed by atoms with E-state index in [0.717, 1.165) is 24.3 Å². The van der Waals surface area contributed by atoms with Gasteiger partial charge in [0.15, 0.2) is 0 Å². The lowest BCUT2D eigenvalue weighted by Gasteiger charge is -2.22. The first-order chi connectivity index (χ1) is 10.1. The van der Waals surface area contributed by atoms with Crippen LogP contribution in [0.15, 0.2) is 18.2 Å². The predicted molar refractivity (Wildman–Crippen MR) is 81.6 cm³/mol. The topological polar surface area (TPSA) is 64.8 Å². The molecule has 1 fully saturated rings. The molecule has 1 saturated heterocycles. The van der Waals surface area contributed by atoms with E-state index in [1.807, 2.05) is 23.1 Å². The molecule has 2 N–H and O–H groups in total. The second kappa shape index (κ2) is 6.80. The van der Waals surface area contributed by atoms with Crippen molar-refractivity contribution in [3.05, 3.63) is 23.8 Å². The second-order valence-corrected chi connectivity index (χ2v) is 5.59. The number of ether oxygens (including phenoxy) is 2. The van der Waals surface area contributed by atoms with Crippen LogP contribution in [0.1, 0.15) is 18.9 Å². The van der Waals surface area contributed by atoms with E-state index in [1.54, 1.807) is 14.2 Å². The maximum absolute atomic E-state index is 12.5. The number of nitrogens with zero attached hydrogens (tertiary/aromatic N) is 1. The molecule has 5 nitrogen and oxygen atoms in total. The summed E-state index contributed by atoms with van der Waals surface area (Å²) in [6.07, 6.45) is 1.31. The average molecular weight is 292 g/mol. The van der Waals surface area contributed by atoms with Gasteiger partial charge in [-0.05, 0) is 44.0 Å². The SMILES string of the molecule is COc1ccc(OC)c(CC(=O)N2CC(CN)CC2C)c1. The first-order valence-corrected chi connectivity index (χ1v) is 7.29. The summed E-state index contributed by atoms with van der Waals surface area (Å²) in [6.45, 7) is 3.47. The minimum absolute atomic E-state index is 0.116. The van der Waals surface area contributed by atoms with Gasteiger partial charge >= 0.3 is 0 Å². The molecule has 1 amide bonds. The summed E-state index contributed by atoms with van der Waals surface area (Å²) in [4.78, 5) is 14.5. The zero-order valence-electron chi connectivity index (χ0n) is 13.0. The van der Waals surface area contributed by atoms with Crippen molar-refractivity contribution in [2.45, 2.75) is 25.8 Å². The van der Waals surface area contributed by atoms with Crippen LogP contribution in [0, 0.1) is 5.92 Å². The normalized spacial score (nSPS) is 21.4. The molecule has 0 saturated carbocycles. The zero-order chi connectivity index (χ0) is 15.4. The van der Waals surface area contributed by atoms with E-state index in [1.165, 1.54) is 0 Å². The Morgan fingerprint density at radius 2 is 2.14 bits per heavy atom. The summed E-state index contributed by atoms with van der Waals surface area (Å²) in [5, 5.41) is 0. The highest BCUT2D eigenvalue weighted by molar-refractivity contribution is 5.80. The Kier molecular flexibility index (Phi) is 5.07. The number of hydrogen-bond acceptors (Lipinski definition) is 4. The van der Waals surface area contributed by atoms with Gasteiger partial charge in [-0.1, -0.05) is 0 Å². The number of methoxy groups -OCH3 is 2. The van der Waals surface area contributed by atoms with Crippen LogP contribution in [0.3, 0.4) is 0 Å². The van der Waals surface area contributed by atoms with Gasteiger partial charge in [0.05, 0.1) is 20.6 Å². The molecule has 0 aliphatic carbocycles. The predicted octanol–water partition coefficient (Wildman–Crippen LogP) is 1.44. The first-order valence-electron chi connectivity index (χ1n) is 7.29. The number of benzene rings is 1. The van der Waals surface area contributed by atoms with Gasteiger partial charge in [0.25, 0.3) is 0 Å². The summed E-state index contributed by atoms with van der Waals surface area (Å²) in [5.41, 5.74) is 6.57. The van der Waals surface area contributed by atoms with E-state index in [0.29, 0.717) is 24.6 Å². The van der Waals surface area contributed by atoms with Gasteiger partial charge in [-0.15, -0.1) is 0 Å². The van der Waals surface area contributed by atoms with Crippen molar-refractivity contribution in [3.63, 3.8) is 0 Å². The van der Waals surface area contributed by atoms with E-state index >= 15 is 0 Å². The molecule has 0 aromatic heterocycles. The maximum atomic E-state index is 12.5. The molecule has 2 rings (SSSR count). The lowest BCUT2D eigenvalue weighted by molar-refractivity contribution is -0.131. The molecular formula is C16H24N2O3. The Morgan fingerprint density at radius 3 is 2.71 bits per heavy atom. The van der Waals surface area contributed by atoms with Crippen molar-refractivity contribution < 1.29 is 14.3 Å². The van der Waals surface area contributed by atoms with E-state index in [9.17, 15) is 4.79 Å². The highest BCUT2D eigenvalue weighted by atomic mass is 16.5. The summed E-state index contributed by atoms with van der Waals surface area (Å²) in [6, 6.07) is 5.77.